The molecule has 0 saturated carbocycles. The Bertz CT molecular complexity index is 1250. The third-order valence-electron chi connectivity index (χ3n) is 6.26. The number of amides is 2. The molecule has 0 atom stereocenters. The molecule has 0 aliphatic rings. The minimum atomic E-state index is -0.515. The maximum Gasteiger partial charge on any atom is 0.269 e. The van der Waals surface area contributed by atoms with Gasteiger partial charge in [0, 0.05) is 48.9 Å². The number of non-ortho nitro benzene ring substituents is 1. The van der Waals surface area contributed by atoms with Gasteiger partial charge in [-0.25, -0.2) is 0 Å². The summed E-state index contributed by atoms with van der Waals surface area (Å²) < 4.78 is 16.2. The van der Waals surface area contributed by atoms with Crippen molar-refractivity contribution in [2.75, 3.05) is 47.1 Å². The summed E-state index contributed by atoms with van der Waals surface area (Å²) >= 11 is 1.56. The summed E-state index contributed by atoms with van der Waals surface area (Å²) in [6.07, 6.45) is 1.13. The van der Waals surface area contributed by atoms with Crippen LogP contribution in [0.2, 0.25) is 0 Å². The first-order valence-corrected chi connectivity index (χ1v) is 13.9. The normalized spacial score (nSPS) is 10.7. The second-order valence-electron chi connectivity index (χ2n) is 8.92. The van der Waals surface area contributed by atoms with Crippen molar-refractivity contribution in [3.05, 3.63) is 86.1 Å². The van der Waals surface area contributed by atoms with E-state index in [1.165, 1.54) is 29.2 Å². The summed E-state index contributed by atoms with van der Waals surface area (Å²) in [6, 6.07) is 15.0. The van der Waals surface area contributed by atoms with E-state index in [-0.39, 0.29) is 29.6 Å². The molecule has 1 heterocycles. The van der Waals surface area contributed by atoms with Crippen molar-refractivity contribution in [2.45, 2.75) is 26.3 Å². The number of ether oxygens (including phenoxy) is 3. The van der Waals surface area contributed by atoms with Gasteiger partial charge in [0.25, 0.3) is 11.6 Å². The molecule has 0 unspecified atom stereocenters. The number of carbonyl (C=O) groups excluding carboxylic acids is 2. The monoisotopic (exact) mass is 569 g/mol. The van der Waals surface area contributed by atoms with E-state index in [1.54, 1.807) is 30.5 Å². The zero-order valence-corrected chi connectivity index (χ0v) is 23.9. The van der Waals surface area contributed by atoms with Gasteiger partial charge in [-0.3, -0.25) is 19.7 Å². The van der Waals surface area contributed by atoms with E-state index in [0.29, 0.717) is 57.2 Å². The van der Waals surface area contributed by atoms with E-state index >= 15 is 0 Å². The highest BCUT2D eigenvalue weighted by Crippen LogP contribution is 2.28. The van der Waals surface area contributed by atoms with Crippen molar-refractivity contribution < 1.29 is 28.7 Å². The SMILES string of the molecule is CCOCCCN(CC(=O)N(CCc1ccc(OC)c(OC)c1)Cc1cccs1)C(=O)c1ccc([N+](=O)[O-])cc1. The van der Waals surface area contributed by atoms with E-state index in [2.05, 4.69) is 0 Å². The molecule has 0 N–H and O–H groups in total. The zero-order valence-electron chi connectivity index (χ0n) is 23.0. The zero-order chi connectivity index (χ0) is 28.9. The van der Waals surface area contributed by atoms with Crippen LogP contribution in [0.15, 0.2) is 60.0 Å². The highest BCUT2D eigenvalue weighted by Gasteiger charge is 2.23. The van der Waals surface area contributed by atoms with Crippen molar-refractivity contribution in [1.82, 2.24) is 9.80 Å². The van der Waals surface area contributed by atoms with Crippen LogP contribution in [0, 0.1) is 10.1 Å². The first-order valence-electron chi connectivity index (χ1n) is 13.0. The second kappa shape index (κ2) is 15.6. The molecule has 11 heteroatoms. The van der Waals surface area contributed by atoms with E-state index in [1.807, 2.05) is 42.6 Å². The highest BCUT2D eigenvalue weighted by atomic mass is 32.1. The topological polar surface area (TPSA) is 111 Å². The maximum absolute atomic E-state index is 13.7. The Morgan fingerprint density at radius 3 is 2.35 bits per heavy atom. The second-order valence-corrected chi connectivity index (χ2v) is 9.95. The van der Waals surface area contributed by atoms with Gasteiger partial charge < -0.3 is 24.0 Å². The molecule has 0 spiro atoms. The molecule has 3 aromatic rings. The number of hydrogen-bond donors (Lipinski definition) is 0. The summed E-state index contributed by atoms with van der Waals surface area (Å²) in [5.41, 5.74) is 1.16. The van der Waals surface area contributed by atoms with Gasteiger partial charge >= 0.3 is 0 Å². The Kier molecular flexibility index (Phi) is 11.9. The maximum atomic E-state index is 13.7. The van der Waals surface area contributed by atoms with Crippen LogP contribution in [0.5, 0.6) is 11.5 Å². The molecule has 3 rings (SSSR count). The van der Waals surface area contributed by atoms with Crippen LogP contribution in [0.4, 0.5) is 5.69 Å². The van der Waals surface area contributed by atoms with Gasteiger partial charge in [-0.05, 0) is 61.0 Å². The number of carbonyl (C=O) groups is 2. The Morgan fingerprint density at radius 2 is 1.73 bits per heavy atom. The largest absolute Gasteiger partial charge is 0.493 e. The molecule has 214 valence electrons. The van der Waals surface area contributed by atoms with Gasteiger partial charge in [0.15, 0.2) is 11.5 Å². The van der Waals surface area contributed by atoms with Crippen LogP contribution in [-0.2, 0) is 22.5 Å². The van der Waals surface area contributed by atoms with Gasteiger partial charge in [-0.1, -0.05) is 12.1 Å². The van der Waals surface area contributed by atoms with Crippen molar-refractivity contribution in [2.24, 2.45) is 0 Å². The first kappa shape index (κ1) is 30.6. The lowest BCUT2D eigenvalue weighted by Crippen LogP contribution is -2.44. The molecule has 2 amide bonds. The van der Waals surface area contributed by atoms with Crippen LogP contribution in [-0.4, -0.2) is 73.6 Å². The Hall–Kier alpha value is -3.96. The number of benzene rings is 2. The Balaban J connectivity index is 1.78. The number of nitro groups is 1. The van der Waals surface area contributed by atoms with Crippen LogP contribution in [0.25, 0.3) is 0 Å². The average molecular weight is 570 g/mol. The van der Waals surface area contributed by atoms with Crippen LogP contribution >= 0.6 is 11.3 Å². The van der Waals surface area contributed by atoms with Crippen LogP contribution < -0.4 is 9.47 Å². The first-order chi connectivity index (χ1) is 19.4. The summed E-state index contributed by atoms with van der Waals surface area (Å²) in [7, 11) is 3.16. The minimum absolute atomic E-state index is 0.104. The molecule has 0 saturated heterocycles. The van der Waals surface area contributed by atoms with E-state index < -0.39 is 4.92 Å². The van der Waals surface area contributed by atoms with E-state index in [4.69, 9.17) is 14.2 Å². The van der Waals surface area contributed by atoms with Crippen LogP contribution in [0.3, 0.4) is 0 Å². The lowest BCUT2D eigenvalue weighted by Gasteiger charge is -2.28. The van der Waals surface area contributed by atoms with Crippen molar-refractivity contribution in [1.29, 1.82) is 0 Å². The summed E-state index contributed by atoms with van der Waals surface area (Å²) in [5.74, 6) is 0.687. The summed E-state index contributed by atoms with van der Waals surface area (Å²) in [4.78, 5) is 41.9. The number of thiophene rings is 1. The number of nitro benzene ring substituents is 1. The Labute approximate surface area is 238 Å². The summed E-state index contributed by atoms with van der Waals surface area (Å²) in [6.45, 7) is 3.94. The van der Waals surface area contributed by atoms with Gasteiger partial charge in [0.05, 0.1) is 25.7 Å². The molecular weight excluding hydrogens is 534 g/mol. The predicted molar refractivity (Wildman–Crippen MR) is 153 cm³/mol. The fourth-order valence-electron chi connectivity index (χ4n) is 4.11. The van der Waals surface area contributed by atoms with E-state index in [9.17, 15) is 19.7 Å². The van der Waals surface area contributed by atoms with Crippen molar-refractivity contribution >= 4 is 28.8 Å². The Morgan fingerprint density at radius 1 is 0.975 bits per heavy atom. The predicted octanol–water partition coefficient (Wildman–Crippen LogP) is 4.81. The van der Waals surface area contributed by atoms with Gasteiger partial charge in [-0.2, -0.15) is 0 Å². The standard InChI is InChI=1S/C29H35N3O7S/c1-4-39-17-6-15-31(29(34)23-9-11-24(12-10-23)32(35)36)21-28(33)30(20-25-7-5-18-40-25)16-14-22-8-13-26(37-2)27(19-22)38-3/h5,7-13,18-19H,4,6,14-17,20-21H2,1-3H3. The average Bonchev–Trinajstić information content (AvgIpc) is 3.49. The molecule has 10 nitrogen and oxygen atoms in total. The molecule has 0 aliphatic heterocycles. The molecule has 0 fully saturated rings. The van der Waals surface area contributed by atoms with Gasteiger partial charge in [0.2, 0.25) is 5.91 Å². The minimum Gasteiger partial charge on any atom is -0.493 e. The quantitative estimate of drug-likeness (QED) is 0.138. The fourth-order valence-corrected chi connectivity index (χ4v) is 4.83. The number of methoxy groups -OCH3 is 2. The molecule has 0 aliphatic carbocycles. The molecule has 0 radical (unpaired) electrons. The number of hydrogen-bond acceptors (Lipinski definition) is 8. The molecular formula is C29H35N3O7S. The smallest absolute Gasteiger partial charge is 0.269 e. The van der Waals surface area contributed by atoms with Gasteiger partial charge in [-0.15, -0.1) is 11.3 Å². The number of rotatable bonds is 16. The van der Waals surface area contributed by atoms with E-state index in [0.717, 1.165) is 10.4 Å². The number of nitrogens with zero attached hydrogens (tertiary/aromatic N) is 3. The van der Waals surface area contributed by atoms with Crippen LogP contribution in [0.1, 0.15) is 34.1 Å². The molecule has 40 heavy (non-hydrogen) atoms. The summed E-state index contributed by atoms with van der Waals surface area (Å²) in [5, 5.41) is 13.0. The third-order valence-corrected chi connectivity index (χ3v) is 7.12. The molecule has 1 aromatic heterocycles. The lowest BCUT2D eigenvalue weighted by molar-refractivity contribution is -0.384. The molecule has 2 aromatic carbocycles. The fraction of sp³-hybridized carbons (Fsp3) is 0.379. The lowest BCUT2D eigenvalue weighted by atomic mass is 10.1. The highest BCUT2D eigenvalue weighted by molar-refractivity contribution is 7.09. The van der Waals surface area contributed by atoms with Gasteiger partial charge in [0.1, 0.15) is 6.54 Å². The van der Waals surface area contributed by atoms with Crippen molar-refractivity contribution in [3.8, 4) is 11.5 Å². The van der Waals surface area contributed by atoms with Crippen molar-refractivity contribution in [3.63, 3.8) is 0 Å². The third kappa shape index (κ3) is 8.78. The molecule has 0 bridgehead atoms.